The zero-order valence-corrected chi connectivity index (χ0v) is 33.1. The number of aromatic carboxylic acids is 2. The number of carbonyl (C=O) groups is 2. The summed E-state index contributed by atoms with van der Waals surface area (Å²) < 4.78 is 0. The number of hydrogen-bond acceptors (Lipinski definition) is 9. The largest absolute Gasteiger partial charge is 0.478 e. The number of benzene rings is 2. The van der Waals surface area contributed by atoms with Crippen LogP contribution in [0.5, 0.6) is 0 Å². The van der Waals surface area contributed by atoms with E-state index in [9.17, 15) is 19.8 Å². The topological polar surface area (TPSA) is 117 Å². The van der Waals surface area contributed by atoms with Gasteiger partial charge in [0.15, 0.2) is 0 Å². The van der Waals surface area contributed by atoms with Crippen molar-refractivity contribution in [1.82, 2.24) is 24.7 Å². The second kappa shape index (κ2) is 17.7. The molecule has 0 bridgehead atoms. The molecule has 2 fully saturated rings. The maximum absolute atomic E-state index is 11.7. The minimum atomic E-state index is -0.940. The molecule has 0 spiro atoms. The minimum Gasteiger partial charge on any atom is -0.478 e. The highest BCUT2D eigenvalue weighted by atomic mass is 16.4. The normalized spacial score (nSPS) is 16.0. The maximum Gasteiger partial charge on any atom is 0.339 e. The number of anilines is 2. The Morgan fingerprint density at radius 2 is 0.945 bits per heavy atom. The number of carboxylic acids is 2. The van der Waals surface area contributed by atoms with Gasteiger partial charge in [-0.3, -0.25) is 14.7 Å². The highest BCUT2D eigenvalue weighted by molar-refractivity contribution is 5.93. The zero-order valence-electron chi connectivity index (χ0n) is 33.1. The van der Waals surface area contributed by atoms with Crippen LogP contribution in [0.15, 0.2) is 85.2 Å². The predicted molar refractivity (Wildman–Crippen MR) is 218 cm³/mol. The lowest BCUT2D eigenvalue weighted by molar-refractivity contribution is 0.00493. The van der Waals surface area contributed by atoms with Crippen molar-refractivity contribution >= 4 is 23.6 Å². The fourth-order valence-corrected chi connectivity index (χ4v) is 8.12. The molecular formula is C44H57N7O4. The van der Waals surface area contributed by atoms with Gasteiger partial charge in [0.2, 0.25) is 0 Å². The van der Waals surface area contributed by atoms with Crippen LogP contribution in [0.4, 0.5) is 11.6 Å². The third-order valence-corrected chi connectivity index (χ3v) is 12.0. The molecule has 55 heavy (non-hydrogen) atoms. The fourth-order valence-electron chi connectivity index (χ4n) is 8.12. The van der Waals surface area contributed by atoms with Crippen LogP contribution in [0.1, 0.15) is 77.6 Å². The van der Waals surface area contributed by atoms with Crippen LogP contribution >= 0.6 is 0 Å². The Hall–Kier alpha value is -4.84. The molecule has 0 aliphatic carbocycles. The van der Waals surface area contributed by atoms with Crippen molar-refractivity contribution in [2.75, 3.05) is 62.2 Å². The molecule has 2 aliphatic heterocycles. The van der Waals surface area contributed by atoms with Crippen molar-refractivity contribution in [3.8, 4) is 0 Å². The highest BCUT2D eigenvalue weighted by Gasteiger charge is 2.38. The van der Waals surface area contributed by atoms with E-state index in [1.165, 1.54) is 22.3 Å². The summed E-state index contributed by atoms with van der Waals surface area (Å²) in [7, 11) is 0. The zero-order chi connectivity index (χ0) is 39.1. The first-order valence-corrected chi connectivity index (χ1v) is 19.6. The molecule has 0 saturated carbocycles. The van der Waals surface area contributed by atoms with E-state index in [1.807, 2.05) is 0 Å². The van der Waals surface area contributed by atoms with Gasteiger partial charge in [-0.2, -0.15) is 0 Å². The molecule has 0 atom stereocenters. The highest BCUT2D eigenvalue weighted by Crippen LogP contribution is 2.35. The van der Waals surface area contributed by atoms with Gasteiger partial charge < -0.3 is 20.0 Å². The van der Waals surface area contributed by atoms with Crippen LogP contribution < -0.4 is 9.80 Å². The van der Waals surface area contributed by atoms with Crippen molar-refractivity contribution in [2.24, 2.45) is 11.8 Å². The monoisotopic (exact) mass is 747 g/mol. The van der Waals surface area contributed by atoms with E-state index in [4.69, 9.17) is 0 Å². The van der Waals surface area contributed by atoms with Gasteiger partial charge in [0, 0.05) is 96.5 Å². The van der Waals surface area contributed by atoms with Gasteiger partial charge in [-0.1, -0.05) is 76.2 Å². The van der Waals surface area contributed by atoms with Crippen LogP contribution in [0, 0.1) is 11.8 Å². The van der Waals surface area contributed by atoms with Crippen LogP contribution in [-0.2, 0) is 26.2 Å². The Kier molecular flexibility index (Phi) is 12.9. The van der Waals surface area contributed by atoms with E-state index in [2.05, 4.69) is 118 Å². The summed E-state index contributed by atoms with van der Waals surface area (Å²) in [5, 5.41) is 19.2. The lowest BCUT2D eigenvalue weighted by Crippen LogP contribution is -2.53. The second-order valence-electron chi connectivity index (χ2n) is 15.9. The first-order valence-electron chi connectivity index (χ1n) is 19.6. The summed E-state index contributed by atoms with van der Waals surface area (Å²) in [6.45, 7) is 21.6. The first kappa shape index (κ1) is 39.8. The van der Waals surface area contributed by atoms with Crippen LogP contribution in [0.25, 0.3) is 0 Å². The molecule has 2 aromatic heterocycles. The van der Waals surface area contributed by atoms with E-state index in [-0.39, 0.29) is 16.7 Å². The standard InChI is InChI=1S/C44H57N7O4/c1-32(2)44(5,33(3)4)51(30-36-14-10-34(11-15-36)28-47-20-24-49(25-21-47)40-38(42(52)53)8-6-18-45-40)31-37-16-12-35(13-17-37)29-48-22-26-50(27-23-48)41-39(43(54)55)9-7-19-46-41/h6-19,32-33H,20-31H2,1-5H3,(H,52,53)(H,54,55). The number of aromatic nitrogens is 2. The summed E-state index contributed by atoms with van der Waals surface area (Å²) >= 11 is 0. The third-order valence-electron chi connectivity index (χ3n) is 12.0. The van der Waals surface area contributed by atoms with Crippen molar-refractivity contribution in [1.29, 1.82) is 0 Å². The smallest absolute Gasteiger partial charge is 0.339 e. The Bertz CT molecular complexity index is 1750. The van der Waals surface area contributed by atoms with Crippen molar-refractivity contribution in [3.63, 3.8) is 0 Å². The van der Waals surface area contributed by atoms with Gasteiger partial charge in [-0.05, 0) is 65.3 Å². The molecule has 0 radical (unpaired) electrons. The Balaban J connectivity index is 1.05. The number of nitrogens with zero attached hydrogens (tertiary/aromatic N) is 7. The van der Waals surface area contributed by atoms with Crippen LogP contribution in [0.2, 0.25) is 0 Å². The molecule has 2 aliphatic rings. The maximum atomic E-state index is 11.7. The quantitative estimate of drug-likeness (QED) is 0.137. The molecule has 11 heteroatoms. The van der Waals surface area contributed by atoms with Gasteiger partial charge in [-0.15, -0.1) is 0 Å². The summed E-state index contributed by atoms with van der Waals surface area (Å²) in [6, 6.07) is 24.8. The molecule has 292 valence electrons. The molecule has 0 amide bonds. The van der Waals surface area contributed by atoms with Crippen molar-refractivity contribution in [2.45, 2.75) is 66.3 Å². The molecule has 11 nitrogen and oxygen atoms in total. The van der Waals surface area contributed by atoms with Crippen LogP contribution in [0.3, 0.4) is 0 Å². The number of pyridine rings is 2. The van der Waals surface area contributed by atoms with Crippen molar-refractivity contribution < 1.29 is 19.8 Å². The minimum absolute atomic E-state index is 0.0150. The average Bonchev–Trinajstić information content (AvgIpc) is 3.19. The Labute approximate surface area is 326 Å². The molecular weight excluding hydrogens is 691 g/mol. The number of rotatable bonds is 15. The second-order valence-corrected chi connectivity index (χ2v) is 15.9. The number of carboxylic acid groups (broad SMARTS) is 2. The molecule has 4 aromatic rings. The lowest BCUT2D eigenvalue weighted by atomic mass is 9.76. The average molecular weight is 748 g/mol. The van der Waals surface area contributed by atoms with Gasteiger partial charge in [0.1, 0.15) is 22.8 Å². The van der Waals surface area contributed by atoms with Crippen LogP contribution in [-0.4, -0.2) is 105 Å². The summed E-state index contributed by atoms with van der Waals surface area (Å²) in [5.41, 5.74) is 5.66. The summed E-state index contributed by atoms with van der Waals surface area (Å²) in [5.74, 6) is 0.147. The summed E-state index contributed by atoms with van der Waals surface area (Å²) in [4.78, 5) is 43.9. The van der Waals surface area contributed by atoms with E-state index >= 15 is 0 Å². The van der Waals surface area contributed by atoms with E-state index in [0.717, 1.165) is 78.5 Å². The molecule has 6 rings (SSSR count). The molecule has 0 unspecified atom stereocenters. The van der Waals surface area contributed by atoms with E-state index in [1.54, 1.807) is 36.7 Å². The van der Waals surface area contributed by atoms with Gasteiger partial charge >= 0.3 is 11.9 Å². The first-order chi connectivity index (χ1) is 26.4. The molecule has 4 heterocycles. The SMILES string of the molecule is CC(C)C(C)(C(C)C)N(Cc1ccc(CN2CCN(c3ncccc3C(=O)O)CC2)cc1)Cc1ccc(CN2CCN(c3ncccc3C(=O)O)CC2)cc1. The fraction of sp³-hybridized carbons (Fsp3) is 0.455. The predicted octanol–water partition coefficient (Wildman–Crippen LogP) is 6.59. The third kappa shape index (κ3) is 9.52. The molecule has 2 saturated heterocycles. The number of piperazine rings is 2. The summed E-state index contributed by atoms with van der Waals surface area (Å²) in [6.07, 6.45) is 3.33. The molecule has 2 aromatic carbocycles. The van der Waals surface area contributed by atoms with Gasteiger partial charge in [0.25, 0.3) is 0 Å². The van der Waals surface area contributed by atoms with Gasteiger partial charge in [0.05, 0.1) is 0 Å². The lowest BCUT2D eigenvalue weighted by Gasteiger charge is -2.48. The van der Waals surface area contributed by atoms with Crippen molar-refractivity contribution in [3.05, 3.63) is 119 Å². The molecule has 2 N–H and O–H groups in total. The number of hydrogen-bond donors (Lipinski definition) is 2. The van der Waals surface area contributed by atoms with E-state index in [0.29, 0.717) is 23.5 Å². The van der Waals surface area contributed by atoms with Gasteiger partial charge in [-0.25, -0.2) is 19.6 Å². The Morgan fingerprint density at radius 1 is 0.600 bits per heavy atom. The Morgan fingerprint density at radius 3 is 1.27 bits per heavy atom. The van der Waals surface area contributed by atoms with E-state index < -0.39 is 11.9 Å².